The highest BCUT2D eigenvalue weighted by atomic mass is 35.5. The Hall–Kier alpha value is -6.97. The van der Waals surface area contributed by atoms with Gasteiger partial charge in [-0.3, -0.25) is 24.1 Å². The number of likely N-dealkylation sites (tertiary alicyclic amines) is 1. The van der Waals surface area contributed by atoms with Crippen LogP contribution in [-0.2, 0) is 36.7 Å². The minimum Gasteiger partial charge on any atom is -0.494 e. The van der Waals surface area contributed by atoms with Crippen molar-refractivity contribution in [2.75, 3.05) is 93.3 Å². The molecule has 0 radical (unpaired) electrons. The van der Waals surface area contributed by atoms with Gasteiger partial charge in [0, 0.05) is 101 Å². The Balaban J connectivity index is 0.706. The zero-order valence-electron chi connectivity index (χ0n) is 49.1. The van der Waals surface area contributed by atoms with E-state index in [1.54, 1.807) is 38.0 Å². The molecule has 3 aliphatic rings. The molecule has 0 saturated carbocycles. The van der Waals surface area contributed by atoms with Gasteiger partial charge < -0.3 is 45.1 Å². The molecule has 3 fully saturated rings. The van der Waals surface area contributed by atoms with Crippen LogP contribution < -0.4 is 35.9 Å². The highest BCUT2D eigenvalue weighted by molar-refractivity contribution is 7.70. The van der Waals surface area contributed by atoms with E-state index in [9.17, 15) is 28.8 Å². The fourth-order valence-electron chi connectivity index (χ4n) is 11.3. The second-order valence-electron chi connectivity index (χ2n) is 23.2. The van der Waals surface area contributed by atoms with Crippen LogP contribution in [0.25, 0.3) is 10.4 Å². The first-order chi connectivity index (χ1) is 40.2. The van der Waals surface area contributed by atoms with Crippen molar-refractivity contribution in [3.63, 3.8) is 0 Å². The van der Waals surface area contributed by atoms with Gasteiger partial charge in [-0.15, -0.1) is 16.4 Å². The van der Waals surface area contributed by atoms with Gasteiger partial charge in [-0.05, 0) is 98.4 Å². The third kappa shape index (κ3) is 15.5. The lowest BCUT2D eigenvalue weighted by Crippen LogP contribution is -2.54. The number of amides is 4. The van der Waals surface area contributed by atoms with E-state index in [1.807, 2.05) is 98.8 Å². The molecule has 448 valence electrons. The van der Waals surface area contributed by atoms with Gasteiger partial charge in [0.1, 0.15) is 24.0 Å². The van der Waals surface area contributed by atoms with Gasteiger partial charge in [-0.25, -0.2) is 15.0 Å². The Morgan fingerprint density at radius 1 is 0.929 bits per heavy atom. The topological polar surface area (TPSA) is 236 Å². The molecular formula is C60H78ClN14O7PS. The summed E-state index contributed by atoms with van der Waals surface area (Å²) in [6.07, 6.45) is 6.88. The summed E-state index contributed by atoms with van der Waals surface area (Å²) in [5.41, 5.74) is 7.08. The molecule has 3 aliphatic heterocycles. The van der Waals surface area contributed by atoms with Crippen molar-refractivity contribution in [1.29, 1.82) is 0 Å². The lowest BCUT2D eigenvalue weighted by atomic mass is 9.88. The van der Waals surface area contributed by atoms with Crippen LogP contribution in [0.2, 0.25) is 5.02 Å². The zero-order valence-corrected chi connectivity index (χ0v) is 51.6. The summed E-state index contributed by atoms with van der Waals surface area (Å²) in [5.74, 6) is 0.676. The smallest absolute Gasteiger partial charge is 0.243 e. The summed E-state index contributed by atoms with van der Waals surface area (Å²) in [6.45, 7) is 16.4. The third-order valence-corrected chi connectivity index (χ3v) is 18.6. The number of aliphatic hydroxyl groups excluding tert-OH is 1. The first-order valence-electron chi connectivity index (χ1n) is 28.9. The highest BCUT2D eigenvalue weighted by Gasteiger charge is 2.41. The molecule has 21 nitrogen and oxygen atoms in total. The van der Waals surface area contributed by atoms with E-state index in [1.165, 1.54) is 20.9 Å². The summed E-state index contributed by atoms with van der Waals surface area (Å²) in [5, 5.41) is 31.4. The maximum atomic E-state index is 14.0. The first-order valence-corrected chi connectivity index (χ1v) is 32.7. The summed E-state index contributed by atoms with van der Waals surface area (Å²) >= 11 is 8.09. The minimum atomic E-state index is -2.58. The molecule has 6 aromatic rings. The molecule has 3 aromatic carbocycles. The van der Waals surface area contributed by atoms with Crippen molar-refractivity contribution in [1.82, 2.24) is 50.1 Å². The van der Waals surface area contributed by atoms with Gasteiger partial charge in [0.2, 0.25) is 29.6 Å². The standard InChI is InChI=1S/C60H78ClN14O7PS/c1-8-12-54(78)74(38-60(3,4)33-55(79)73-37-46(76)32-50(73)58(80)62-34-41-17-19-42(20-18-41)56-40(2)64-39-84-56)75-36-43(68-69-75)13-11-16-53(77)72-29-27-71(28-30-72)44-23-25-70(26-24-44)45-21-22-48(51(31-45)82-5)66-59-63-35-47(61)57(67-59)65-49-14-9-10-15-52(49)83(6,7)81/h9-10,14-15,17-22,31,35-36,39,44,46,50,76H,8,11-13,16,23-30,32-34,37-38H2,1-7H3,(H,62,80)(H2,63,65,66,67)/t46-,50+/m1/s1. The molecule has 4 amide bonds. The van der Waals surface area contributed by atoms with E-state index < -0.39 is 24.7 Å². The fraction of sp³-hybridized carbons (Fsp3) is 0.483. The first kappa shape index (κ1) is 61.6. The van der Waals surface area contributed by atoms with Gasteiger partial charge in [-0.1, -0.05) is 68.8 Å². The zero-order chi connectivity index (χ0) is 59.7. The van der Waals surface area contributed by atoms with Crippen molar-refractivity contribution in [3.05, 3.63) is 107 Å². The van der Waals surface area contributed by atoms with E-state index in [-0.39, 0.29) is 62.5 Å². The monoisotopic (exact) mass is 1200 g/mol. The number of benzene rings is 3. The van der Waals surface area contributed by atoms with Gasteiger partial charge in [0.25, 0.3) is 0 Å². The average Bonchev–Trinajstić information content (AvgIpc) is 4.37. The van der Waals surface area contributed by atoms with Crippen molar-refractivity contribution < 1.29 is 33.6 Å². The third-order valence-electron chi connectivity index (χ3n) is 15.8. The molecular weight excluding hydrogens is 1130 g/mol. The summed E-state index contributed by atoms with van der Waals surface area (Å²) in [4.78, 5) is 78.9. The van der Waals surface area contributed by atoms with Crippen LogP contribution in [0, 0.1) is 12.3 Å². The number of carbonyl (C=O) groups is 4. The molecule has 6 heterocycles. The van der Waals surface area contributed by atoms with Gasteiger partial charge in [0.15, 0.2) is 5.82 Å². The number of hydrogen-bond donors (Lipinski definition) is 4. The molecule has 0 unspecified atom stereocenters. The van der Waals surface area contributed by atoms with Gasteiger partial charge >= 0.3 is 0 Å². The Morgan fingerprint density at radius 2 is 1.68 bits per heavy atom. The summed E-state index contributed by atoms with van der Waals surface area (Å²) < 4.78 is 18.8. The Kier molecular flexibility index (Phi) is 20.1. The number of halogens is 1. The number of nitrogens with one attached hydrogen (secondary N) is 3. The quantitative estimate of drug-likeness (QED) is 0.0445. The molecule has 0 aliphatic carbocycles. The number of piperazine rings is 1. The molecule has 0 spiro atoms. The number of anilines is 5. The van der Waals surface area contributed by atoms with Crippen LogP contribution in [0.15, 0.2) is 84.6 Å². The molecule has 4 N–H and O–H groups in total. The largest absolute Gasteiger partial charge is 0.494 e. The Labute approximate surface area is 500 Å². The average molecular weight is 1210 g/mol. The van der Waals surface area contributed by atoms with E-state index in [0.29, 0.717) is 89.7 Å². The maximum Gasteiger partial charge on any atom is 0.243 e. The molecule has 9 rings (SSSR count). The van der Waals surface area contributed by atoms with Crippen LogP contribution in [0.3, 0.4) is 0 Å². The van der Waals surface area contributed by atoms with Crippen LogP contribution in [0.1, 0.15) is 89.1 Å². The molecule has 84 heavy (non-hydrogen) atoms. The highest BCUT2D eigenvalue weighted by Crippen LogP contribution is 2.39. The number of carbonyl (C=O) groups excluding carboxylic acids is 4. The number of aromatic nitrogens is 6. The Morgan fingerprint density at radius 3 is 2.38 bits per heavy atom. The molecule has 2 atom stereocenters. The number of para-hydroxylation sites is 1. The normalized spacial score (nSPS) is 17.1. The summed E-state index contributed by atoms with van der Waals surface area (Å²) in [7, 11) is -0.942. The van der Waals surface area contributed by atoms with Crippen LogP contribution in [0.5, 0.6) is 5.75 Å². The van der Waals surface area contributed by atoms with Crippen molar-refractivity contribution >= 4 is 87.8 Å². The van der Waals surface area contributed by atoms with Gasteiger partial charge in [0.05, 0.1) is 65.3 Å². The number of hydrogen-bond acceptors (Lipinski definition) is 17. The molecule has 3 aromatic heterocycles. The maximum absolute atomic E-state index is 14.0. The van der Waals surface area contributed by atoms with Crippen molar-refractivity contribution in [2.45, 2.75) is 110 Å². The number of methoxy groups -OCH3 is 1. The van der Waals surface area contributed by atoms with Crippen LogP contribution in [-0.4, -0.2) is 164 Å². The van der Waals surface area contributed by atoms with E-state index >= 15 is 0 Å². The number of aryl methyl sites for hydroxylation is 2. The molecule has 0 bridgehead atoms. The number of nitrogens with zero attached hydrogens (tertiary/aromatic N) is 11. The van der Waals surface area contributed by atoms with Crippen LogP contribution in [0.4, 0.5) is 28.8 Å². The van der Waals surface area contributed by atoms with E-state index in [2.05, 4.69) is 57.1 Å². The van der Waals surface area contributed by atoms with Crippen LogP contribution >= 0.6 is 30.1 Å². The lowest BCUT2D eigenvalue weighted by molar-refractivity contribution is -0.140. The number of piperidine rings is 1. The summed E-state index contributed by atoms with van der Waals surface area (Å²) in [6, 6.07) is 21.0. The second kappa shape index (κ2) is 27.4. The van der Waals surface area contributed by atoms with Gasteiger partial charge in [-0.2, -0.15) is 9.77 Å². The lowest BCUT2D eigenvalue weighted by Gasteiger charge is -2.43. The Bertz CT molecular complexity index is 3320. The second-order valence-corrected chi connectivity index (χ2v) is 27.6. The number of thiazole rings is 1. The van der Waals surface area contributed by atoms with E-state index in [4.69, 9.17) is 16.3 Å². The molecule has 24 heteroatoms. The van der Waals surface area contributed by atoms with Crippen molar-refractivity contribution in [3.8, 4) is 16.2 Å². The molecule has 3 saturated heterocycles. The van der Waals surface area contributed by atoms with Crippen molar-refractivity contribution in [2.24, 2.45) is 5.41 Å². The number of β-amino-alcohol motifs (C(OH)–C–C–N with tert-alkyl or cyclic N) is 1. The SMILES string of the molecule is CCCC(=O)N(CC(C)(C)CC(=O)N1C[C@H](O)C[C@H]1C(=O)NCc1ccc(-c2scnc2C)cc1)n1cc(CCCC(=O)N2CCN(C3CCN(c4ccc(Nc5ncc(Cl)c(Nc6ccccc6P(C)(C)=O)n5)c(OC)c4)CC3)CC2)nn1. The predicted molar refractivity (Wildman–Crippen MR) is 330 cm³/mol. The minimum absolute atomic E-state index is 0.0216. The number of aliphatic hydroxyl groups is 1. The fourth-order valence-corrected chi connectivity index (χ4v) is 13.4. The van der Waals surface area contributed by atoms with E-state index in [0.717, 1.165) is 66.4 Å². The predicted octanol–water partition coefficient (Wildman–Crippen LogP) is 7.99. The number of rotatable bonds is 23. The number of ether oxygens (including phenoxy) is 1.